The van der Waals surface area contributed by atoms with Crippen LogP contribution in [0.25, 0.3) is 0 Å². The Kier molecular flexibility index (Phi) is 5.20. The highest BCUT2D eigenvalue weighted by Gasteiger charge is 2.31. The number of anilines is 1. The second-order valence-corrected chi connectivity index (χ2v) is 5.43. The van der Waals surface area contributed by atoms with E-state index in [9.17, 15) is 14.4 Å². The van der Waals surface area contributed by atoms with Crippen molar-refractivity contribution in [1.29, 1.82) is 0 Å². The van der Waals surface area contributed by atoms with Crippen LogP contribution >= 0.6 is 0 Å². The van der Waals surface area contributed by atoms with Crippen LogP contribution in [0.1, 0.15) is 19.8 Å². The van der Waals surface area contributed by atoms with Crippen LogP contribution in [0.3, 0.4) is 0 Å². The minimum atomic E-state index is -0.948. The highest BCUT2D eigenvalue weighted by molar-refractivity contribution is 6.00. The summed E-state index contributed by atoms with van der Waals surface area (Å²) < 4.78 is 5.54. The Labute approximate surface area is 134 Å². The minimum Gasteiger partial charge on any atom is -0.481 e. The number of amides is 2. The molecular weight excluding hydrogens is 300 g/mol. The molecule has 7 nitrogen and oxygen atoms in total. The molecule has 0 saturated carbocycles. The van der Waals surface area contributed by atoms with Crippen molar-refractivity contribution in [1.82, 2.24) is 4.90 Å². The van der Waals surface area contributed by atoms with Crippen molar-refractivity contribution < 1.29 is 24.2 Å². The number of benzene rings is 1. The summed E-state index contributed by atoms with van der Waals surface area (Å²) in [5, 5.41) is 8.65. The molecule has 2 amide bonds. The Bertz CT molecular complexity index is 616. The van der Waals surface area contributed by atoms with Gasteiger partial charge in [-0.1, -0.05) is 12.1 Å². The third-order valence-electron chi connectivity index (χ3n) is 3.71. The molecule has 1 heterocycles. The van der Waals surface area contributed by atoms with Gasteiger partial charge in [0, 0.05) is 26.6 Å². The molecule has 1 aromatic rings. The average Bonchev–Trinajstić information content (AvgIpc) is 2.52. The standard InChI is InChI=1S/C16H20N2O5/c1-11-16(22)18(12-5-3-4-6-13(12)23-11)10-7-14(19)17(2)9-8-15(20)21/h3-6,11H,7-10H2,1-2H3,(H,20,21). The van der Waals surface area contributed by atoms with Crippen LogP contribution in [0.5, 0.6) is 5.75 Å². The van der Waals surface area contributed by atoms with Crippen LogP contribution < -0.4 is 9.64 Å². The van der Waals surface area contributed by atoms with Crippen LogP contribution in [0.15, 0.2) is 24.3 Å². The summed E-state index contributed by atoms with van der Waals surface area (Å²) in [4.78, 5) is 37.8. The van der Waals surface area contributed by atoms with Crippen LogP contribution in [-0.4, -0.2) is 54.0 Å². The second-order valence-electron chi connectivity index (χ2n) is 5.43. The molecule has 1 aromatic carbocycles. The molecule has 0 aromatic heterocycles. The fraction of sp³-hybridized carbons (Fsp3) is 0.438. The number of carbonyl (C=O) groups excluding carboxylic acids is 2. The SMILES string of the molecule is CC1Oc2ccccc2N(CCC(=O)N(C)CCC(=O)O)C1=O. The van der Waals surface area contributed by atoms with E-state index in [4.69, 9.17) is 9.84 Å². The van der Waals surface area contributed by atoms with Gasteiger partial charge < -0.3 is 19.6 Å². The molecule has 23 heavy (non-hydrogen) atoms. The third kappa shape index (κ3) is 4.00. The molecule has 1 aliphatic heterocycles. The third-order valence-corrected chi connectivity index (χ3v) is 3.71. The van der Waals surface area contributed by atoms with Crippen molar-refractivity contribution >= 4 is 23.5 Å². The number of para-hydroxylation sites is 2. The van der Waals surface area contributed by atoms with Crippen LogP contribution in [0, 0.1) is 0 Å². The molecule has 1 atom stereocenters. The van der Waals surface area contributed by atoms with Gasteiger partial charge in [0.2, 0.25) is 5.91 Å². The summed E-state index contributed by atoms with van der Waals surface area (Å²) in [6.45, 7) is 2.06. The summed E-state index contributed by atoms with van der Waals surface area (Å²) in [6, 6.07) is 7.19. The molecule has 1 aliphatic rings. The van der Waals surface area contributed by atoms with E-state index in [1.165, 1.54) is 4.90 Å². The quantitative estimate of drug-likeness (QED) is 0.849. The monoisotopic (exact) mass is 320 g/mol. The first-order valence-electron chi connectivity index (χ1n) is 7.43. The molecule has 124 valence electrons. The van der Waals surface area contributed by atoms with E-state index in [1.807, 2.05) is 6.07 Å². The first-order valence-corrected chi connectivity index (χ1v) is 7.43. The maximum atomic E-state index is 12.3. The summed E-state index contributed by atoms with van der Waals surface area (Å²) in [5.74, 6) is -0.720. The molecule has 0 aliphatic carbocycles. The lowest BCUT2D eigenvalue weighted by molar-refractivity contribution is -0.138. The van der Waals surface area contributed by atoms with E-state index < -0.39 is 12.1 Å². The molecule has 0 spiro atoms. The van der Waals surface area contributed by atoms with E-state index in [0.29, 0.717) is 11.4 Å². The fourth-order valence-corrected chi connectivity index (χ4v) is 2.38. The van der Waals surface area contributed by atoms with Crippen molar-refractivity contribution in [2.45, 2.75) is 25.9 Å². The normalized spacial score (nSPS) is 16.5. The Morgan fingerprint density at radius 1 is 1.30 bits per heavy atom. The molecule has 7 heteroatoms. The number of ether oxygens (including phenoxy) is 1. The summed E-state index contributed by atoms with van der Waals surface area (Å²) in [7, 11) is 1.56. The molecule has 0 fully saturated rings. The van der Waals surface area contributed by atoms with Gasteiger partial charge in [0.25, 0.3) is 5.91 Å². The maximum Gasteiger partial charge on any atom is 0.305 e. The van der Waals surface area contributed by atoms with Crippen LogP contribution in [0.2, 0.25) is 0 Å². The molecule has 0 radical (unpaired) electrons. The lowest BCUT2D eigenvalue weighted by atomic mass is 10.1. The predicted molar refractivity (Wildman–Crippen MR) is 83.4 cm³/mol. The zero-order valence-electron chi connectivity index (χ0n) is 13.2. The molecular formula is C16H20N2O5. The van der Waals surface area contributed by atoms with Gasteiger partial charge in [0.05, 0.1) is 12.1 Å². The smallest absolute Gasteiger partial charge is 0.305 e. The van der Waals surface area contributed by atoms with Crippen LogP contribution in [-0.2, 0) is 14.4 Å². The van der Waals surface area contributed by atoms with Gasteiger partial charge in [-0.3, -0.25) is 14.4 Å². The lowest BCUT2D eigenvalue weighted by Gasteiger charge is -2.33. The van der Waals surface area contributed by atoms with Crippen molar-refractivity contribution in [2.75, 3.05) is 25.0 Å². The average molecular weight is 320 g/mol. The Hall–Kier alpha value is -2.57. The Morgan fingerprint density at radius 3 is 2.70 bits per heavy atom. The number of nitrogens with zero attached hydrogens (tertiary/aromatic N) is 2. The first-order chi connectivity index (χ1) is 10.9. The van der Waals surface area contributed by atoms with Gasteiger partial charge in [-0.15, -0.1) is 0 Å². The van der Waals surface area contributed by atoms with Crippen molar-refractivity contribution in [3.63, 3.8) is 0 Å². The number of fused-ring (bicyclic) bond motifs is 1. The summed E-state index contributed by atoms with van der Waals surface area (Å²) in [5.41, 5.74) is 0.650. The number of hydrogen-bond donors (Lipinski definition) is 1. The van der Waals surface area contributed by atoms with Gasteiger partial charge in [0.15, 0.2) is 6.10 Å². The molecule has 1 N–H and O–H groups in total. The van der Waals surface area contributed by atoms with E-state index >= 15 is 0 Å². The predicted octanol–water partition coefficient (Wildman–Crippen LogP) is 1.12. The number of hydrogen-bond acceptors (Lipinski definition) is 4. The van der Waals surface area contributed by atoms with Gasteiger partial charge in [0.1, 0.15) is 5.75 Å². The zero-order chi connectivity index (χ0) is 17.0. The Balaban J connectivity index is 2.00. The lowest BCUT2D eigenvalue weighted by Crippen LogP contribution is -2.46. The number of carboxylic acid groups (broad SMARTS) is 1. The summed E-state index contributed by atoms with van der Waals surface area (Å²) in [6.07, 6.45) is -0.564. The van der Waals surface area contributed by atoms with E-state index in [-0.39, 0.29) is 37.7 Å². The molecule has 2 rings (SSSR count). The number of carboxylic acids is 1. The second kappa shape index (κ2) is 7.13. The fourth-order valence-electron chi connectivity index (χ4n) is 2.38. The molecule has 0 bridgehead atoms. The van der Waals surface area contributed by atoms with Crippen molar-refractivity contribution in [3.05, 3.63) is 24.3 Å². The minimum absolute atomic E-state index is 0.0986. The first kappa shape index (κ1) is 16.8. The summed E-state index contributed by atoms with van der Waals surface area (Å²) >= 11 is 0. The highest BCUT2D eigenvalue weighted by Crippen LogP contribution is 2.33. The largest absolute Gasteiger partial charge is 0.481 e. The zero-order valence-corrected chi connectivity index (χ0v) is 13.2. The van der Waals surface area contributed by atoms with Gasteiger partial charge in [-0.2, -0.15) is 0 Å². The topological polar surface area (TPSA) is 87.2 Å². The van der Waals surface area contributed by atoms with E-state index in [1.54, 1.807) is 37.1 Å². The van der Waals surface area contributed by atoms with E-state index in [0.717, 1.165) is 0 Å². The maximum absolute atomic E-state index is 12.3. The molecule has 0 saturated heterocycles. The highest BCUT2D eigenvalue weighted by atomic mass is 16.5. The van der Waals surface area contributed by atoms with Gasteiger partial charge >= 0.3 is 5.97 Å². The van der Waals surface area contributed by atoms with E-state index in [2.05, 4.69) is 0 Å². The number of carbonyl (C=O) groups is 3. The van der Waals surface area contributed by atoms with Crippen molar-refractivity contribution in [3.8, 4) is 5.75 Å². The van der Waals surface area contributed by atoms with Crippen molar-refractivity contribution in [2.24, 2.45) is 0 Å². The van der Waals surface area contributed by atoms with Gasteiger partial charge in [-0.05, 0) is 19.1 Å². The Morgan fingerprint density at radius 2 is 2.00 bits per heavy atom. The number of aliphatic carboxylic acids is 1. The molecule has 1 unspecified atom stereocenters. The van der Waals surface area contributed by atoms with Gasteiger partial charge in [-0.25, -0.2) is 0 Å². The number of rotatable bonds is 6. The van der Waals surface area contributed by atoms with Crippen LogP contribution in [0.4, 0.5) is 5.69 Å².